The number of amides is 4. The second-order valence-electron chi connectivity index (χ2n) is 7.74. The highest BCUT2D eigenvalue weighted by Gasteiger charge is 2.46. The smallest absolute Gasteiger partial charge is 0.332 e. The van der Waals surface area contributed by atoms with Gasteiger partial charge in [0.1, 0.15) is 6.04 Å². The zero-order valence-corrected chi connectivity index (χ0v) is 18.9. The van der Waals surface area contributed by atoms with Crippen molar-refractivity contribution in [3.8, 4) is 11.5 Å². The highest BCUT2D eigenvalue weighted by atomic mass is 16.5. The van der Waals surface area contributed by atoms with Crippen LogP contribution in [0.1, 0.15) is 12.0 Å². The number of methoxy groups -OCH3 is 2. The highest BCUT2D eigenvalue weighted by molar-refractivity contribution is 6.22. The summed E-state index contributed by atoms with van der Waals surface area (Å²) in [4.78, 5) is 42.1. The number of hydrogen-bond donors (Lipinski definition) is 1. The van der Waals surface area contributed by atoms with E-state index in [2.05, 4.69) is 5.32 Å². The molecule has 34 heavy (non-hydrogen) atoms. The van der Waals surface area contributed by atoms with Crippen LogP contribution in [0.15, 0.2) is 78.9 Å². The number of anilines is 2. The molecule has 0 saturated carbocycles. The number of para-hydroxylation sites is 2. The van der Waals surface area contributed by atoms with Gasteiger partial charge in [-0.1, -0.05) is 42.5 Å². The van der Waals surface area contributed by atoms with Crippen molar-refractivity contribution >= 4 is 29.2 Å². The lowest BCUT2D eigenvalue weighted by Crippen LogP contribution is -2.37. The normalized spacial score (nSPS) is 15.4. The van der Waals surface area contributed by atoms with E-state index in [4.69, 9.17) is 9.47 Å². The minimum Gasteiger partial charge on any atom is -0.493 e. The summed E-state index contributed by atoms with van der Waals surface area (Å²) in [5.74, 6) is 0.264. The third-order valence-electron chi connectivity index (χ3n) is 5.57. The van der Waals surface area contributed by atoms with Crippen molar-refractivity contribution in [3.63, 3.8) is 0 Å². The Kier molecular flexibility index (Phi) is 6.77. The fourth-order valence-corrected chi connectivity index (χ4v) is 3.91. The zero-order chi connectivity index (χ0) is 24.1. The third-order valence-corrected chi connectivity index (χ3v) is 5.57. The molecule has 8 heteroatoms. The third kappa shape index (κ3) is 4.71. The Morgan fingerprint density at radius 3 is 2.18 bits per heavy atom. The van der Waals surface area contributed by atoms with Crippen LogP contribution in [-0.4, -0.2) is 43.0 Å². The van der Waals surface area contributed by atoms with Crippen molar-refractivity contribution in [2.45, 2.75) is 19.0 Å². The number of carbonyl (C=O) groups excluding carboxylic acids is 3. The van der Waals surface area contributed by atoms with E-state index < -0.39 is 18.0 Å². The van der Waals surface area contributed by atoms with Gasteiger partial charge in [0.25, 0.3) is 5.91 Å². The molecule has 4 rings (SSSR count). The Bertz CT molecular complexity index is 1180. The summed E-state index contributed by atoms with van der Waals surface area (Å²) in [5.41, 5.74) is 1.82. The van der Waals surface area contributed by atoms with Gasteiger partial charge in [-0.2, -0.15) is 0 Å². The fraction of sp³-hybridized carbons (Fsp3) is 0.192. The first kappa shape index (κ1) is 22.8. The maximum Gasteiger partial charge on any atom is 0.332 e. The number of carbonyl (C=O) groups is 3. The zero-order valence-electron chi connectivity index (χ0n) is 18.9. The van der Waals surface area contributed by atoms with E-state index in [1.807, 2.05) is 6.07 Å². The molecule has 8 nitrogen and oxygen atoms in total. The van der Waals surface area contributed by atoms with Crippen LogP contribution in [0.3, 0.4) is 0 Å². The summed E-state index contributed by atoms with van der Waals surface area (Å²) >= 11 is 0. The number of hydrogen-bond acceptors (Lipinski definition) is 5. The highest BCUT2D eigenvalue weighted by Crippen LogP contribution is 2.31. The Labute approximate surface area is 197 Å². The fourth-order valence-electron chi connectivity index (χ4n) is 3.91. The largest absolute Gasteiger partial charge is 0.493 e. The van der Waals surface area contributed by atoms with E-state index in [0.717, 1.165) is 10.5 Å². The lowest BCUT2D eigenvalue weighted by molar-refractivity contribution is -0.124. The van der Waals surface area contributed by atoms with Crippen LogP contribution >= 0.6 is 0 Å². The van der Waals surface area contributed by atoms with Crippen LogP contribution in [0.4, 0.5) is 16.2 Å². The predicted molar refractivity (Wildman–Crippen MR) is 128 cm³/mol. The Balaban J connectivity index is 1.62. The van der Waals surface area contributed by atoms with Gasteiger partial charge < -0.3 is 19.7 Å². The van der Waals surface area contributed by atoms with Crippen LogP contribution in [0.2, 0.25) is 0 Å². The van der Waals surface area contributed by atoms with E-state index in [0.29, 0.717) is 22.9 Å². The Morgan fingerprint density at radius 1 is 0.882 bits per heavy atom. The van der Waals surface area contributed by atoms with Gasteiger partial charge in [0.05, 0.1) is 26.3 Å². The van der Waals surface area contributed by atoms with E-state index in [1.165, 1.54) is 12.0 Å². The average Bonchev–Trinajstić information content (AvgIpc) is 3.08. The summed E-state index contributed by atoms with van der Waals surface area (Å²) in [5, 5.41) is 2.79. The number of benzene rings is 3. The number of urea groups is 1. The molecular weight excluding hydrogens is 434 g/mol. The van der Waals surface area contributed by atoms with Gasteiger partial charge in [-0.3, -0.25) is 9.59 Å². The van der Waals surface area contributed by atoms with Crippen molar-refractivity contribution < 1.29 is 23.9 Å². The van der Waals surface area contributed by atoms with Crippen molar-refractivity contribution in [1.82, 2.24) is 4.90 Å². The second kappa shape index (κ2) is 10.1. The Hall–Kier alpha value is -4.33. The van der Waals surface area contributed by atoms with Gasteiger partial charge in [-0.05, 0) is 42.0 Å². The SMILES string of the molecule is COc1ccc(CN2C(=O)N(c3ccccc3)C(=O)[C@H]2CC(=O)Nc2ccccc2)cc1OC. The molecule has 0 radical (unpaired) electrons. The van der Waals surface area contributed by atoms with Crippen LogP contribution in [0.25, 0.3) is 0 Å². The van der Waals surface area contributed by atoms with Crippen LogP contribution < -0.4 is 19.7 Å². The molecule has 1 fully saturated rings. The van der Waals surface area contributed by atoms with Gasteiger partial charge in [0.15, 0.2) is 11.5 Å². The van der Waals surface area contributed by atoms with E-state index in [1.54, 1.807) is 79.9 Å². The van der Waals surface area contributed by atoms with Crippen LogP contribution in [0.5, 0.6) is 11.5 Å². The maximum atomic E-state index is 13.4. The molecule has 0 spiro atoms. The van der Waals surface area contributed by atoms with E-state index >= 15 is 0 Å². The van der Waals surface area contributed by atoms with Crippen LogP contribution in [0, 0.1) is 0 Å². The molecule has 3 aromatic carbocycles. The number of ether oxygens (including phenoxy) is 2. The molecule has 1 atom stereocenters. The van der Waals surface area contributed by atoms with Gasteiger partial charge in [-0.25, -0.2) is 9.69 Å². The quantitative estimate of drug-likeness (QED) is 0.513. The monoisotopic (exact) mass is 459 g/mol. The molecule has 1 N–H and O–H groups in total. The lowest BCUT2D eigenvalue weighted by atomic mass is 10.1. The van der Waals surface area contributed by atoms with Crippen molar-refractivity contribution in [2.75, 3.05) is 24.4 Å². The lowest BCUT2D eigenvalue weighted by Gasteiger charge is -2.22. The number of rotatable bonds is 8. The number of imide groups is 1. The van der Waals surface area contributed by atoms with Gasteiger partial charge in [-0.15, -0.1) is 0 Å². The van der Waals surface area contributed by atoms with Crippen molar-refractivity contribution in [1.29, 1.82) is 0 Å². The van der Waals surface area contributed by atoms with Crippen molar-refractivity contribution in [2.24, 2.45) is 0 Å². The molecular formula is C26H25N3O5. The molecule has 1 aliphatic heterocycles. The molecule has 0 aliphatic carbocycles. The molecule has 174 valence electrons. The second-order valence-corrected chi connectivity index (χ2v) is 7.74. The molecule has 0 aromatic heterocycles. The van der Waals surface area contributed by atoms with Gasteiger partial charge in [0.2, 0.25) is 5.91 Å². The minimum absolute atomic E-state index is 0.123. The summed E-state index contributed by atoms with van der Waals surface area (Å²) in [6.07, 6.45) is -0.171. The molecule has 0 bridgehead atoms. The Morgan fingerprint density at radius 2 is 1.53 bits per heavy atom. The van der Waals surface area contributed by atoms with Crippen LogP contribution in [-0.2, 0) is 16.1 Å². The molecule has 3 aromatic rings. The first-order valence-electron chi connectivity index (χ1n) is 10.8. The van der Waals surface area contributed by atoms with Crippen molar-refractivity contribution in [3.05, 3.63) is 84.4 Å². The summed E-state index contributed by atoms with van der Waals surface area (Å²) < 4.78 is 10.7. The average molecular weight is 460 g/mol. The molecule has 1 aliphatic rings. The van der Waals surface area contributed by atoms with E-state index in [9.17, 15) is 14.4 Å². The minimum atomic E-state index is -0.954. The topological polar surface area (TPSA) is 88.2 Å². The summed E-state index contributed by atoms with van der Waals surface area (Å²) in [6, 6.07) is 21.5. The first-order chi connectivity index (χ1) is 16.5. The molecule has 0 unspecified atom stereocenters. The first-order valence-corrected chi connectivity index (χ1v) is 10.8. The summed E-state index contributed by atoms with van der Waals surface area (Å²) in [6.45, 7) is 0.123. The number of nitrogens with one attached hydrogen (secondary N) is 1. The molecule has 1 heterocycles. The van der Waals surface area contributed by atoms with Gasteiger partial charge in [0, 0.05) is 12.2 Å². The predicted octanol–water partition coefficient (Wildman–Crippen LogP) is 4.07. The molecule has 4 amide bonds. The maximum absolute atomic E-state index is 13.4. The molecule has 1 saturated heterocycles. The number of nitrogens with zero attached hydrogens (tertiary/aromatic N) is 2. The van der Waals surface area contributed by atoms with E-state index in [-0.39, 0.29) is 18.9 Å². The standard InChI is InChI=1S/C26H25N3O5/c1-33-22-14-13-18(15-23(22)34-2)17-28-21(16-24(30)27-19-9-5-3-6-10-19)25(31)29(26(28)32)20-11-7-4-8-12-20/h3-15,21H,16-17H2,1-2H3,(H,27,30)/t21-/m1/s1. The van der Waals surface area contributed by atoms with Gasteiger partial charge >= 0.3 is 6.03 Å². The summed E-state index contributed by atoms with van der Waals surface area (Å²) in [7, 11) is 3.07.